The van der Waals surface area contributed by atoms with Gasteiger partial charge in [-0.2, -0.15) is 0 Å². The molecule has 0 spiro atoms. The van der Waals surface area contributed by atoms with Gasteiger partial charge in [-0.05, 0) is 12.0 Å². The van der Waals surface area contributed by atoms with Crippen molar-refractivity contribution in [1.29, 1.82) is 0 Å². The van der Waals surface area contributed by atoms with Gasteiger partial charge in [0.25, 0.3) is 0 Å². The van der Waals surface area contributed by atoms with Gasteiger partial charge in [-0.3, -0.25) is 4.79 Å². The second kappa shape index (κ2) is 6.53. The first-order valence-corrected chi connectivity index (χ1v) is 6.16. The van der Waals surface area contributed by atoms with Crippen LogP contribution in [0.1, 0.15) is 25.3 Å². The predicted octanol–water partition coefficient (Wildman–Crippen LogP) is 1.35. The second-order valence-corrected chi connectivity index (χ2v) is 4.09. The van der Waals surface area contributed by atoms with E-state index in [-0.39, 0.29) is 5.91 Å². The molecule has 0 unspecified atom stereocenters. The van der Waals surface area contributed by atoms with Gasteiger partial charge < -0.3 is 5.32 Å². The van der Waals surface area contributed by atoms with E-state index in [0.717, 1.165) is 17.5 Å². The van der Waals surface area contributed by atoms with Crippen molar-refractivity contribution in [3.8, 4) is 11.4 Å². The lowest BCUT2D eigenvalue weighted by Gasteiger charge is -2.05. The highest BCUT2D eigenvalue weighted by atomic mass is 16.1. The van der Waals surface area contributed by atoms with Gasteiger partial charge in [0.15, 0.2) is 6.33 Å². The molecule has 1 amide bonds. The number of hydrogen-bond donors (Lipinski definition) is 1. The van der Waals surface area contributed by atoms with Gasteiger partial charge in [0.2, 0.25) is 11.7 Å². The zero-order valence-electron chi connectivity index (χ0n) is 10.7. The lowest BCUT2D eigenvalue weighted by molar-refractivity contribution is -0.121. The molecule has 19 heavy (non-hydrogen) atoms. The van der Waals surface area contributed by atoms with Crippen molar-refractivity contribution in [2.75, 3.05) is 0 Å². The van der Waals surface area contributed by atoms with Crippen LogP contribution in [0.4, 0.5) is 0 Å². The minimum absolute atomic E-state index is 0.0753. The third kappa shape index (κ3) is 3.80. The molecule has 1 heterocycles. The Morgan fingerprint density at radius 1 is 1.16 bits per heavy atom. The SMILES string of the molecule is CCCC(=O)NCc1ccc(-c2nncnn2)cc1. The molecule has 0 radical (unpaired) electrons. The Morgan fingerprint density at radius 2 is 1.84 bits per heavy atom. The molecule has 2 rings (SSSR count). The monoisotopic (exact) mass is 257 g/mol. The quantitative estimate of drug-likeness (QED) is 0.874. The minimum Gasteiger partial charge on any atom is -0.352 e. The Morgan fingerprint density at radius 3 is 2.47 bits per heavy atom. The lowest BCUT2D eigenvalue weighted by Crippen LogP contribution is -2.21. The van der Waals surface area contributed by atoms with E-state index < -0.39 is 0 Å². The Balaban J connectivity index is 1.97. The summed E-state index contributed by atoms with van der Waals surface area (Å²) in [5.41, 5.74) is 1.88. The summed E-state index contributed by atoms with van der Waals surface area (Å²) >= 11 is 0. The zero-order chi connectivity index (χ0) is 13.5. The zero-order valence-corrected chi connectivity index (χ0v) is 10.7. The lowest BCUT2D eigenvalue weighted by atomic mass is 10.1. The van der Waals surface area contributed by atoms with Crippen molar-refractivity contribution < 1.29 is 4.79 Å². The summed E-state index contributed by atoms with van der Waals surface area (Å²) in [7, 11) is 0. The van der Waals surface area contributed by atoms with E-state index in [2.05, 4.69) is 25.7 Å². The number of hydrogen-bond acceptors (Lipinski definition) is 5. The molecule has 0 saturated heterocycles. The van der Waals surface area contributed by atoms with E-state index >= 15 is 0 Å². The average Bonchev–Trinajstić information content (AvgIpc) is 2.47. The maximum atomic E-state index is 11.4. The van der Waals surface area contributed by atoms with Gasteiger partial charge >= 0.3 is 0 Å². The largest absolute Gasteiger partial charge is 0.352 e. The van der Waals surface area contributed by atoms with Crippen LogP contribution in [-0.4, -0.2) is 26.3 Å². The van der Waals surface area contributed by atoms with Crippen molar-refractivity contribution >= 4 is 5.91 Å². The molecule has 6 heteroatoms. The van der Waals surface area contributed by atoms with E-state index in [1.165, 1.54) is 6.33 Å². The third-order valence-electron chi connectivity index (χ3n) is 2.59. The number of rotatable bonds is 5. The fraction of sp³-hybridized carbons (Fsp3) is 0.308. The van der Waals surface area contributed by atoms with Crippen molar-refractivity contribution in [3.63, 3.8) is 0 Å². The first-order valence-electron chi connectivity index (χ1n) is 6.16. The summed E-state index contributed by atoms with van der Waals surface area (Å²) in [5.74, 6) is 0.565. The predicted molar refractivity (Wildman–Crippen MR) is 69.8 cm³/mol. The Kier molecular flexibility index (Phi) is 4.49. The van der Waals surface area contributed by atoms with Crippen LogP contribution in [0.3, 0.4) is 0 Å². The van der Waals surface area contributed by atoms with Gasteiger partial charge in [-0.1, -0.05) is 31.2 Å². The Labute approximate surface area is 111 Å². The van der Waals surface area contributed by atoms with Gasteiger partial charge in [0.05, 0.1) is 0 Å². The summed E-state index contributed by atoms with van der Waals surface area (Å²) in [4.78, 5) is 11.4. The maximum absolute atomic E-state index is 11.4. The van der Waals surface area contributed by atoms with Crippen LogP contribution < -0.4 is 5.32 Å². The number of amides is 1. The molecular weight excluding hydrogens is 242 g/mol. The normalized spacial score (nSPS) is 10.2. The highest BCUT2D eigenvalue weighted by Crippen LogP contribution is 2.13. The highest BCUT2D eigenvalue weighted by Gasteiger charge is 2.03. The summed E-state index contributed by atoms with van der Waals surface area (Å²) in [5, 5.41) is 18.0. The van der Waals surface area contributed by atoms with Crippen molar-refractivity contribution in [2.45, 2.75) is 26.3 Å². The number of nitrogens with zero attached hydrogens (tertiary/aromatic N) is 4. The molecule has 0 saturated carbocycles. The third-order valence-corrected chi connectivity index (χ3v) is 2.59. The van der Waals surface area contributed by atoms with Crippen LogP contribution in [0.25, 0.3) is 11.4 Å². The Bertz CT molecular complexity index is 526. The molecule has 0 aliphatic carbocycles. The molecule has 1 aromatic heterocycles. The fourth-order valence-corrected chi connectivity index (χ4v) is 1.61. The molecule has 0 aliphatic rings. The van der Waals surface area contributed by atoms with Gasteiger partial charge in [-0.25, -0.2) is 0 Å². The molecule has 0 bridgehead atoms. The molecule has 0 atom stereocenters. The molecule has 2 aromatic rings. The van der Waals surface area contributed by atoms with E-state index in [1.807, 2.05) is 31.2 Å². The highest BCUT2D eigenvalue weighted by molar-refractivity contribution is 5.75. The summed E-state index contributed by atoms with van der Waals surface area (Å²) in [6.07, 6.45) is 2.71. The van der Waals surface area contributed by atoms with E-state index in [9.17, 15) is 4.79 Å². The first kappa shape index (κ1) is 13.1. The average molecular weight is 257 g/mol. The topological polar surface area (TPSA) is 80.7 Å². The standard InChI is InChI=1S/C13H15N5O/c1-2-3-12(19)14-8-10-4-6-11(7-5-10)13-17-15-9-16-18-13/h4-7,9H,2-3,8H2,1H3,(H,14,19). The van der Waals surface area contributed by atoms with Crippen LogP contribution in [0.2, 0.25) is 0 Å². The van der Waals surface area contributed by atoms with Crippen molar-refractivity contribution in [2.24, 2.45) is 0 Å². The molecule has 0 fully saturated rings. The fourth-order valence-electron chi connectivity index (χ4n) is 1.61. The van der Waals surface area contributed by atoms with Crippen LogP contribution in [0.15, 0.2) is 30.6 Å². The van der Waals surface area contributed by atoms with Gasteiger partial charge in [0, 0.05) is 18.5 Å². The molecule has 1 N–H and O–H groups in total. The summed E-state index contributed by atoms with van der Waals surface area (Å²) < 4.78 is 0. The van der Waals surface area contributed by atoms with Crippen molar-refractivity contribution in [1.82, 2.24) is 25.7 Å². The van der Waals surface area contributed by atoms with Gasteiger partial charge in [0.1, 0.15) is 0 Å². The molecular formula is C13H15N5O. The summed E-state index contributed by atoms with van der Waals surface area (Å²) in [6.45, 7) is 2.52. The van der Waals surface area contributed by atoms with E-state index in [4.69, 9.17) is 0 Å². The van der Waals surface area contributed by atoms with Crippen LogP contribution >= 0.6 is 0 Å². The molecule has 0 aliphatic heterocycles. The number of carbonyl (C=O) groups excluding carboxylic acids is 1. The molecule has 6 nitrogen and oxygen atoms in total. The van der Waals surface area contributed by atoms with Crippen LogP contribution in [0.5, 0.6) is 0 Å². The van der Waals surface area contributed by atoms with Gasteiger partial charge in [-0.15, -0.1) is 20.4 Å². The number of carbonyl (C=O) groups is 1. The van der Waals surface area contributed by atoms with E-state index in [1.54, 1.807) is 0 Å². The van der Waals surface area contributed by atoms with Crippen molar-refractivity contribution in [3.05, 3.63) is 36.2 Å². The van der Waals surface area contributed by atoms with Crippen LogP contribution in [0, 0.1) is 0 Å². The van der Waals surface area contributed by atoms with E-state index in [0.29, 0.717) is 18.8 Å². The number of nitrogens with one attached hydrogen (secondary N) is 1. The minimum atomic E-state index is 0.0753. The maximum Gasteiger partial charge on any atom is 0.220 e. The molecule has 98 valence electrons. The number of benzene rings is 1. The Hall–Kier alpha value is -2.37. The molecule has 1 aromatic carbocycles. The summed E-state index contributed by atoms with van der Waals surface area (Å²) in [6, 6.07) is 7.63. The first-order chi connectivity index (χ1) is 9.29. The second-order valence-electron chi connectivity index (χ2n) is 4.09. The number of aromatic nitrogens is 4. The smallest absolute Gasteiger partial charge is 0.220 e. The van der Waals surface area contributed by atoms with Crippen LogP contribution in [-0.2, 0) is 11.3 Å².